The number of piperidine rings is 1. The molecule has 1 saturated heterocycles. The van der Waals surface area contributed by atoms with Gasteiger partial charge < -0.3 is 15.0 Å². The number of ether oxygens (including phenoxy) is 1. The Labute approximate surface area is 143 Å². The molecule has 1 aromatic heterocycles. The quantitative estimate of drug-likeness (QED) is 0.920. The van der Waals surface area contributed by atoms with E-state index in [1.807, 2.05) is 19.1 Å². The number of anilines is 1. The van der Waals surface area contributed by atoms with E-state index in [9.17, 15) is 0 Å². The monoisotopic (exact) mass is 324 g/mol. The summed E-state index contributed by atoms with van der Waals surface area (Å²) in [5, 5.41) is 3.43. The van der Waals surface area contributed by atoms with Gasteiger partial charge in [0.2, 0.25) is 0 Å². The molecule has 2 aliphatic rings. The molecule has 5 heteroatoms. The first-order valence-electron chi connectivity index (χ1n) is 8.81. The van der Waals surface area contributed by atoms with Gasteiger partial charge >= 0.3 is 0 Å². The highest BCUT2D eigenvalue weighted by molar-refractivity contribution is 5.45. The maximum Gasteiger partial charge on any atom is 0.132 e. The normalized spacial score (nSPS) is 18.6. The second kappa shape index (κ2) is 6.77. The minimum Gasteiger partial charge on any atom is -0.491 e. The Kier molecular flexibility index (Phi) is 4.34. The molecular formula is C19H24N4O. The average molecular weight is 324 g/mol. The lowest BCUT2D eigenvalue weighted by molar-refractivity contribution is 0.331. The van der Waals surface area contributed by atoms with Gasteiger partial charge in [0.15, 0.2) is 0 Å². The number of hydrogen-bond donors (Lipinski definition) is 1. The van der Waals surface area contributed by atoms with Gasteiger partial charge in [-0.05, 0) is 38.9 Å². The largest absolute Gasteiger partial charge is 0.491 e. The molecular weight excluding hydrogens is 300 g/mol. The van der Waals surface area contributed by atoms with E-state index >= 15 is 0 Å². The van der Waals surface area contributed by atoms with Gasteiger partial charge in [0, 0.05) is 29.8 Å². The van der Waals surface area contributed by atoms with Gasteiger partial charge in [-0.1, -0.05) is 18.2 Å². The Balaban J connectivity index is 1.62. The molecule has 126 valence electrons. The third kappa shape index (κ3) is 3.22. The van der Waals surface area contributed by atoms with Crippen LogP contribution in [0.15, 0.2) is 30.3 Å². The van der Waals surface area contributed by atoms with Crippen molar-refractivity contribution in [2.45, 2.75) is 32.2 Å². The van der Waals surface area contributed by atoms with Gasteiger partial charge in [-0.3, -0.25) is 0 Å². The van der Waals surface area contributed by atoms with Gasteiger partial charge in [0.05, 0.1) is 6.54 Å². The van der Waals surface area contributed by atoms with Crippen molar-refractivity contribution in [3.63, 3.8) is 0 Å². The van der Waals surface area contributed by atoms with Gasteiger partial charge in [-0.15, -0.1) is 0 Å². The Morgan fingerprint density at radius 3 is 2.88 bits per heavy atom. The Bertz CT molecular complexity index is 712. The first kappa shape index (κ1) is 15.4. The maximum atomic E-state index is 5.88. The highest BCUT2D eigenvalue weighted by Gasteiger charge is 2.21. The SMILES string of the molecule is Cc1nc(C2CCNCC2)cc(N2CCOc3ccccc3C2)n1. The van der Waals surface area contributed by atoms with E-state index in [0.717, 1.165) is 56.4 Å². The molecule has 1 aromatic carbocycles. The molecule has 0 aliphatic carbocycles. The molecule has 4 rings (SSSR count). The molecule has 0 saturated carbocycles. The first-order valence-corrected chi connectivity index (χ1v) is 8.81. The molecule has 1 N–H and O–H groups in total. The van der Waals surface area contributed by atoms with E-state index < -0.39 is 0 Å². The van der Waals surface area contributed by atoms with Crippen LogP contribution in [0.4, 0.5) is 5.82 Å². The summed E-state index contributed by atoms with van der Waals surface area (Å²) in [6, 6.07) is 10.5. The van der Waals surface area contributed by atoms with Crippen molar-refractivity contribution < 1.29 is 4.74 Å². The van der Waals surface area contributed by atoms with Crippen LogP contribution in [0.3, 0.4) is 0 Å². The fourth-order valence-corrected chi connectivity index (χ4v) is 3.58. The van der Waals surface area contributed by atoms with Crippen LogP contribution in [-0.4, -0.2) is 36.2 Å². The van der Waals surface area contributed by atoms with Crippen LogP contribution in [0.1, 0.15) is 35.8 Å². The van der Waals surface area contributed by atoms with E-state index in [0.29, 0.717) is 12.5 Å². The molecule has 3 heterocycles. The molecule has 2 aliphatic heterocycles. The van der Waals surface area contributed by atoms with Crippen LogP contribution in [0.2, 0.25) is 0 Å². The number of hydrogen-bond acceptors (Lipinski definition) is 5. The van der Waals surface area contributed by atoms with Crippen LogP contribution in [0.25, 0.3) is 0 Å². The zero-order valence-electron chi connectivity index (χ0n) is 14.2. The lowest BCUT2D eigenvalue weighted by Gasteiger charge is -2.25. The second-order valence-corrected chi connectivity index (χ2v) is 6.60. The summed E-state index contributed by atoms with van der Waals surface area (Å²) in [7, 11) is 0. The summed E-state index contributed by atoms with van der Waals surface area (Å²) in [6.45, 7) is 6.51. The Morgan fingerprint density at radius 2 is 2.00 bits per heavy atom. The lowest BCUT2D eigenvalue weighted by atomic mass is 9.94. The van der Waals surface area contributed by atoms with Crippen molar-refractivity contribution in [3.05, 3.63) is 47.4 Å². The van der Waals surface area contributed by atoms with Gasteiger partial charge in [0.1, 0.15) is 24.0 Å². The molecule has 1 fully saturated rings. The van der Waals surface area contributed by atoms with Crippen LogP contribution >= 0.6 is 0 Å². The van der Waals surface area contributed by atoms with E-state index in [4.69, 9.17) is 14.7 Å². The number of nitrogens with zero attached hydrogens (tertiary/aromatic N) is 3. The number of nitrogens with one attached hydrogen (secondary N) is 1. The third-order valence-electron chi connectivity index (χ3n) is 4.88. The van der Waals surface area contributed by atoms with Crippen LogP contribution in [-0.2, 0) is 6.54 Å². The number of para-hydroxylation sites is 1. The van der Waals surface area contributed by atoms with Gasteiger partial charge in [-0.2, -0.15) is 0 Å². The number of aromatic nitrogens is 2. The molecule has 5 nitrogen and oxygen atoms in total. The number of aryl methyl sites for hydroxylation is 1. The van der Waals surface area contributed by atoms with E-state index in [1.165, 1.54) is 11.3 Å². The fourth-order valence-electron chi connectivity index (χ4n) is 3.58. The fraction of sp³-hybridized carbons (Fsp3) is 0.474. The summed E-state index contributed by atoms with van der Waals surface area (Å²) in [4.78, 5) is 11.7. The molecule has 24 heavy (non-hydrogen) atoms. The molecule has 0 atom stereocenters. The minimum absolute atomic E-state index is 0.544. The van der Waals surface area contributed by atoms with Crippen LogP contribution in [0, 0.1) is 6.92 Å². The maximum absolute atomic E-state index is 5.88. The van der Waals surface area contributed by atoms with Crippen molar-refractivity contribution in [1.82, 2.24) is 15.3 Å². The zero-order valence-corrected chi connectivity index (χ0v) is 14.2. The van der Waals surface area contributed by atoms with E-state index in [1.54, 1.807) is 0 Å². The summed E-state index contributed by atoms with van der Waals surface area (Å²) >= 11 is 0. The highest BCUT2D eigenvalue weighted by Crippen LogP contribution is 2.29. The molecule has 0 unspecified atom stereocenters. The lowest BCUT2D eigenvalue weighted by Crippen LogP contribution is -2.29. The Hall–Kier alpha value is -2.14. The van der Waals surface area contributed by atoms with Crippen molar-refractivity contribution in [2.75, 3.05) is 31.1 Å². The average Bonchev–Trinajstić information content (AvgIpc) is 2.84. The van der Waals surface area contributed by atoms with Crippen molar-refractivity contribution in [1.29, 1.82) is 0 Å². The third-order valence-corrected chi connectivity index (χ3v) is 4.88. The van der Waals surface area contributed by atoms with Crippen molar-refractivity contribution >= 4 is 5.82 Å². The number of fused-ring (bicyclic) bond motifs is 1. The Morgan fingerprint density at radius 1 is 1.17 bits per heavy atom. The molecule has 0 spiro atoms. The summed E-state index contributed by atoms with van der Waals surface area (Å²) in [5.74, 6) is 3.42. The molecule has 0 radical (unpaired) electrons. The number of benzene rings is 1. The summed E-state index contributed by atoms with van der Waals surface area (Å²) in [6.07, 6.45) is 2.31. The number of rotatable bonds is 2. The van der Waals surface area contributed by atoms with E-state index in [-0.39, 0.29) is 0 Å². The predicted molar refractivity (Wildman–Crippen MR) is 94.6 cm³/mol. The van der Waals surface area contributed by atoms with Crippen LogP contribution in [0.5, 0.6) is 5.75 Å². The standard InChI is InChI=1S/C19H24N4O/c1-14-21-17(15-6-8-20-9-7-15)12-19(22-14)23-10-11-24-18-5-3-2-4-16(18)13-23/h2-5,12,15,20H,6-11,13H2,1H3. The summed E-state index contributed by atoms with van der Waals surface area (Å²) in [5.41, 5.74) is 2.41. The van der Waals surface area contributed by atoms with Gasteiger partial charge in [0.25, 0.3) is 0 Å². The summed E-state index contributed by atoms with van der Waals surface area (Å²) < 4.78 is 5.88. The molecule has 0 bridgehead atoms. The molecule has 2 aromatic rings. The zero-order chi connectivity index (χ0) is 16.4. The highest BCUT2D eigenvalue weighted by atomic mass is 16.5. The predicted octanol–water partition coefficient (Wildman–Crippen LogP) is 2.65. The smallest absolute Gasteiger partial charge is 0.132 e. The second-order valence-electron chi connectivity index (χ2n) is 6.60. The van der Waals surface area contributed by atoms with Gasteiger partial charge in [-0.25, -0.2) is 9.97 Å². The van der Waals surface area contributed by atoms with Crippen molar-refractivity contribution in [3.8, 4) is 5.75 Å². The molecule has 0 amide bonds. The van der Waals surface area contributed by atoms with Crippen molar-refractivity contribution in [2.24, 2.45) is 0 Å². The van der Waals surface area contributed by atoms with Crippen LogP contribution < -0.4 is 15.0 Å². The minimum atomic E-state index is 0.544. The van der Waals surface area contributed by atoms with E-state index in [2.05, 4.69) is 28.4 Å². The first-order chi connectivity index (χ1) is 11.8. The topological polar surface area (TPSA) is 50.3 Å².